The number of rotatable bonds is 5. The Kier molecular flexibility index (Phi) is 5.69. The van der Waals surface area contributed by atoms with Crippen LogP contribution in [0.5, 0.6) is 0 Å². The van der Waals surface area contributed by atoms with Crippen LogP contribution < -0.4 is 5.32 Å². The number of likely N-dealkylation sites (N-methyl/N-ethyl adjacent to an activating group) is 1. The summed E-state index contributed by atoms with van der Waals surface area (Å²) in [5, 5.41) is 4.78. The lowest BCUT2D eigenvalue weighted by atomic mass is 9.95. The Morgan fingerprint density at radius 1 is 1.10 bits per heavy atom. The molecule has 0 radical (unpaired) electrons. The largest absolute Gasteiger partial charge is 0.310 e. The van der Waals surface area contributed by atoms with Crippen LogP contribution in [0.4, 0.5) is 0 Å². The Labute approximate surface area is 137 Å². The Bertz CT molecular complexity index is 623. The second-order valence-corrected chi connectivity index (χ2v) is 6.17. The lowest BCUT2D eigenvalue weighted by Gasteiger charge is -2.21. The van der Waals surface area contributed by atoms with Gasteiger partial charge in [0.1, 0.15) is 0 Å². The van der Waals surface area contributed by atoms with Gasteiger partial charge < -0.3 is 5.32 Å². The highest BCUT2D eigenvalue weighted by Gasteiger charge is 2.17. The zero-order valence-electron chi connectivity index (χ0n) is 12.7. The SMILES string of the molecule is CCNC(Cc1cc(C)ccc1C)c1cccc(Cl)c1Cl. The first-order valence-corrected chi connectivity index (χ1v) is 8.02. The van der Waals surface area contributed by atoms with Gasteiger partial charge in [-0.3, -0.25) is 0 Å². The van der Waals surface area contributed by atoms with Crippen molar-refractivity contribution in [2.75, 3.05) is 6.54 Å². The third-order valence-corrected chi connectivity index (χ3v) is 4.57. The molecule has 1 atom stereocenters. The van der Waals surface area contributed by atoms with Gasteiger partial charge in [0.2, 0.25) is 0 Å². The molecule has 2 aromatic carbocycles. The summed E-state index contributed by atoms with van der Waals surface area (Å²) < 4.78 is 0. The van der Waals surface area contributed by atoms with Crippen LogP contribution >= 0.6 is 23.2 Å². The molecule has 2 aromatic rings. The fraction of sp³-hybridized carbons (Fsp3) is 0.333. The second kappa shape index (κ2) is 7.31. The molecule has 0 amide bonds. The van der Waals surface area contributed by atoms with Gasteiger partial charge in [0.15, 0.2) is 0 Å². The Hall–Kier alpha value is -1.02. The molecule has 1 unspecified atom stereocenters. The molecule has 1 nitrogen and oxygen atoms in total. The highest BCUT2D eigenvalue weighted by molar-refractivity contribution is 6.42. The fourth-order valence-electron chi connectivity index (χ4n) is 2.57. The molecule has 0 saturated heterocycles. The van der Waals surface area contributed by atoms with E-state index in [0.717, 1.165) is 18.5 Å². The number of halogens is 2. The molecule has 21 heavy (non-hydrogen) atoms. The molecule has 3 heteroatoms. The molecule has 0 aliphatic rings. The summed E-state index contributed by atoms with van der Waals surface area (Å²) in [4.78, 5) is 0. The second-order valence-electron chi connectivity index (χ2n) is 5.39. The van der Waals surface area contributed by atoms with Gasteiger partial charge in [0.05, 0.1) is 10.0 Å². The van der Waals surface area contributed by atoms with Gasteiger partial charge in [-0.1, -0.05) is 66.0 Å². The summed E-state index contributed by atoms with van der Waals surface area (Å²) in [6.07, 6.45) is 0.904. The Balaban J connectivity index is 2.35. The molecule has 2 rings (SSSR count). The van der Waals surface area contributed by atoms with Gasteiger partial charge in [-0.15, -0.1) is 0 Å². The van der Waals surface area contributed by atoms with Crippen molar-refractivity contribution in [3.05, 3.63) is 68.7 Å². The molecular weight excluding hydrogens is 301 g/mol. The normalized spacial score (nSPS) is 12.4. The maximum absolute atomic E-state index is 6.39. The van der Waals surface area contributed by atoms with E-state index in [4.69, 9.17) is 23.2 Å². The summed E-state index contributed by atoms with van der Waals surface area (Å²) in [5.41, 5.74) is 4.99. The molecule has 0 heterocycles. The lowest BCUT2D eigenvalue weighted by Crippen LogP contribution is -2.23. The van der Waals surface area contributed by atoms with Crippen LogP contribution in [0.15, 0.2) is 36.4 Å². The topological polar surface area (TPSA) is 12.0 Å². The predicted octanol–water partition coefficient (Wildman–Crippen LogP) is 5.50. The summed E-state index contributed by atoms with van der Waals surface area (Å²) >= 11 is 12.5. The average molecular weight is 322 g/mol. The maximum atomic E-state index is 6.39. The minimum atomic E-state index is 0.168. The summed E-state index contributed by atoms with van der Waals surface area (Å²) in [5.74, 6) is 0. The van der Waals surface area contributed by atoms with Gasteiger partial charge in [-0.2, -0.15) is 0 Å². The van der Waals surface area contributed by atoms with E-state index in [2.05, 4.69) is 44.3 Å². The fourth-order valence-corrected chi connectivity index (χ4v) is 3.01. The average Bonchev–Trinajstić information content (AvgIpc) is 2.45. The van der Waals surface area contributed by atoms with Crippen molar-refractivity contribution in [3.63, 3.8) is 0 Å². The first-order chi connectivity index (χ1) is 10.0. The quantitative estimate of drug-likeness (QED) is 0.766. The van der Waals surface area contributed by atoms with Crippen molar-refractivity contribution in [1.29, 1.82) is 0 Å². The van der Waals surface area contributed by atoms with Crippen LogP contribution in [0.25, 0.3) is 0 Å². The Morgan fingerprint density at radius 2 is 1.86 bits per heavy atom. The van der Waals surface area contributed by atoms with Crippen molar-refractivity contribution in [3.8, 4) is 0 Å². The molecule has 0 aliphatic carbocycles. The van der Waals surface area contributed by atoms with E-state index in [1.54, 1.807) is 0 Å². The molecule has 0 fully saturated rings. The molecule has 0 saturated carbocycles. The molecule has 112 valence electrons. The van der Waals surface area contributed by atoms with Gasteiger partial charge in [-0.05, 0) is 49.6 Å². The van der Waals surface area contributed by atoms with Crippen molar-refractivity contribution in [2.45, 2.75) is 33.2 Å². The molecular formula is C18H21Cl2N. The van der Waals surface area contributed by atoms with Crippen LogP contribution in [0.2, 0.25) is 10.0 Å². The molecule has 0 bridgehead atoms. The van der Waals surface area contributed by atoms with E-state index >= 15 is 0 Å². The monoisotopic (exact) mass is 321 g/mol. The van der Waals surface area contributed by atoms with E-state index < -0.39 is 0 Å². The maximum Gasteiger partial charge on any atom is 0.0640 e. The van der Waals surface area contributed by atoms with Gasteiger partial charge in [0, 0.05) is 6.04 Å². The van der Waals surface area contributed by atoms with Crippen molar-refractivity contribution >= 4 is 23.2 Å². The van der Waals surface area contributed by atoms with Crippen LogP contribution in [0, 0.1) is 13.8 Å². The minimum absolute atomic E-state index is 0.168. The molecule has 0 aliphatic heterocycles. The van der Waals surface area contributed by atoms with E-state index in [1.807, 2.05) is 18.2 Å². The number of nitrogens with one attached hydrogen (secondary N) is 1. The van der Waals surface area contributed by atoms with Crippen molar-refractivity contribution in [1.82, 2.24) is 5.32 Å². The number of benzene rings is 2. The van der Waals surface area contributed by atoms with Crippen LogP contribution in [0.1, 0.15) is 35.2 Å². The Morgan fingerprint density at radius 3 is 2.57 bits per heavy atom. The number of hydrogen-bond acceptors (Lipinski definition) is 1. The minimum Gasteiger partial charge on any atom is -0.310 e. The molecule has 0 aromatic heterocycles. The standard InChI is InChI=1S/C18H21Cl2N/c1-4-21-17(15-6-5-7-16(19)18(15)20)11-14-10-12(2)8-9-13(14)3/h5-10,17,21H,4,11H2,1-3H3. The van der Waals surface area contributed by atoms with Gasteiger partial charge >= 0.3 is 0 Å². The smallest absolute Gasteiger partial charge is 0.0640 e. The van der Waals surface area contributed by atoms with Crippen LogP contribution in [0.3, 0.4) is 0 Å². The summed E-state index contributed by atoms with van der Waals surface area (Å²) in [6.45, 7) is 7.27. The summed E-state index contributed by atoms with van der Waals surface area (Å²) in [7, 11) is 0. The van der Waals surface area contributed by atoms with Crippen LogP contribution in [-0.2, 0) is 6.42 Å². The first kappa shape index (κ1) is 16.4. The zero-order valence-corrected chi connectivity index (χ0v) is 14.2. The van der Waals surface area contributed by atoms with Gasteiger partial charge in [-0.25, -0.2) is 0 Å². The zero-order chi connectivity index (χ0) is 15.4. The molecule has 1 N–H and O–H groups in total. The number of aryl methyl sites for hydroxylation is 2. The third kappa shape index (κ3) is 4.00. The first-order valence-electron chi connectivity index (χ1n) is 7.26. The van der Waals surface area contributed by atoms with Crippen molar-refractivity contribution < 1.29 is 0 Å². The van der Waals surface area contributed by atoms with E-state index in [1.165, 1.54) is 16.7 Å². The van der Waals surface area contributed by atoms with Gasteiger partial charge in [0.25, 0.3) is 0 Å². The highest BCUT2D eigenvalue weighted by atomic mass is 35.5. The van der Waals surface area contributed by atoms with Crippen molar-refractivity contribution in [2.24, 2.45) is 0 Å². The third-order valence-electron chi connectivity index (χ3n) is 3.74. The van der Waals surface area contributed by atoms with E-state index in [0.29, 0.717) is 10.0 Å². The number of hydrogen-bond donors (Lipinski definition) is 1. The van der Waals surface area contributed by atoms with Crippen LogP contribution in [-0.4, -0.2) is 6.54 Å². The van der Waals surface area contributed by atoms with E-state index in [9.17, 15) is 0 Å². The summed E-state index contributed by atoms with van der Waals surface area (Å²) in [6, 6.07) is 12.6. The molecule has 0 spiro atoms. The van der Waals surface area contributed by atoms with E-state index in [-0.39, 0.29) is 6.04 Å². The lowest BCUT2D eigenvalue weighted by molar-refractivity contribution is 0.549. The predicted molar refractivity (Wildman–Crippen MR) is 92.5 cm³/mol. The highest BCUT2D eigenvalue weighted by Crippen LogP contribution is 2.32.